The third-order valence-corrected chi connectivity index (χ3v) is 4.90. The van der Waals surface area contributed by atoms with E-state index in [2.05, 4.69) is 15.3 Å². The van der Waals surface area contributed by atoms with Crippen molar-refractivity contribution >= 4 is 5.91 Å². The number of hydrogen-bond acceptors (Lipinski definition) is 6. The molecule has 2 aromatic carbocycles. The van der Waals surface area contributed by atoms with E-state index in [0.29, 0.717) is 48.4 Å². The minimum absolute atomic E-state index is 0.156. The van der Waals surface area contributed by atoms with Crippen molar-refractivity contribution in [3.05, 3.63) is 90.3 Å². The van der Waals surface area contributed by atoms with Crippen molar-refractivity contribution < 1.29 is 23.1 Å². The highest BCUT2D eigenvalue weighted by molar-refractivity contribution is 5.76. The molecule has 174 valence electrons. The van der Waals surface area contributed by atoms with E-state index in [4.69, 9.17) is 13.9 Å². The zero-order valence-corrected chi connectivity index (χ0v) is 18.7. The van der Waals surface area contributed by atoms with Gasteiger partial charge in [0, 0.05) is 31.6 Å². The summed E-state index contributed by atoms with van der Waals surface area (Å²) in [6, 6.07) is 17.2. The van der Waals surface area contributed by atoms with Crippen molar-refractivity contribution in [2.45, 2.75) is 26.3 Å². The van der Waals surface area contributed by atoms with E-state index >= 15 is 0 Å². The van der Waals surface area contributed by atoms with Crippen LogP contribution in [0.2, 0.25) is 0 Å². The van der Waals surface area contributed by atoms with Crippen molar-refractivity contribution in [3.63, 3.8) is 0 Å². The van der Waals surface area contributed by atoms with Gasteiger partial charge in [-0.15, -0.1) is 0 Å². The molecule has 0 atom stereocenters. The molecule has 8 heteroatoms. The van der Waals surface area contributed by atoms with E-state index in [0.717, 1.165) is 11.3 Å². The molecular formula is C26H24FN3O4. The first-order valence-corrected chi connectivity index (χ1v) is 10.9. The first-order chi connectivity index (χ1) is 16.6. The van der Waals surface area contributed by atoms with Gasteiger partial charge in [-0.3, -0.25) is 4.79 Å². The molecule has 2 heterocycles. The van der Waals surface area contributed by atoms with Crippen LogP contribution in [0.4, 0.5) is 4.39 Å². The number of hydrogen-bond donors (Lipinski definition) is 1. The van der Waals surface area contributed by atoms with Crippen LogP contribution in [0.3, 0.4) is 0 Å². The molecule has 0 unspecified atom stereocenters. The summed E-state index contributed by atoms with van der Waals surface area (Å²) in [6.45, 7) is 2.85. The maximum Gasteiger partial charge on any atom is 0.220 e. The van der Waals surface area contributed by atoms with Crippen molar-refractivity contribution in [3.8, 4) is 28.7 Å². The third kappa shape index (κ3) is 6.19. The average molecular weight is 461 g/mol. The zero-order valence-electron chi connectivity index (χ0n) is 18.7. The molecule has 1 N–H and O–H groups in total. The summed E-state index contributed by atoms with van der Waals surface area (Å²) >= 11 is 0. The second kappa shape index (κ2) is 11.1. The summed E-state index contributed by atoms with van der Waals surface area (Å²) in [6.07, 6.45) is 3.59. The maximum absolute atomic E-state index is 13.9. The summed E-state index contributed by atoms with van der Waals surface area (Å²) < 4.78 is 30.7. The number of oxazole rings is 1. The van der Waals surface area contributed by atoms with Gasteiger partial charge in [-0.1, -0.05) is 12.1 Å². The molecule has 0 saturated carbocycles. The Bertz CT molecular complexity index is 1240. The lowest BCUT2D eigenvalue weighted by atomic mass is 10.2. The summed E-state index contributed by atoms with van der Waals surface area (Å²) in [5.74, 6) is 2.01. The molecule has 0 aliphatic rings. The first kappa shape index (κ1) is 23.0. The largest absolute Gasteiger partial charge is 0.494 e. The lowest BCUT2D eigenvalue weighted by Gasteiger charge is -2.09. The Hall–Kier alpha value is -4.20. The van der Waals surface area contributed by atoms with Crippen molar-refractivity contribution in [2.24, 2.45) is 0 Å². The van der Waals surface area contributed by atoms with Gasteiger partial charge in [0.2, 0.25) is 11.8 Å². The van der Waals surface area contributed by atoms with Crippen LogP contribution in [0.15, 0.2) is 77.5 Å². The van der Waals surface area contributed by atoms with E-state index in [1.54, 1.807) is 48.7 Å². The second-order valence-electron chi connectivity index (χ2n) is 7.38. The van der Waals surface area contributed by atoms with Gasteiger partial charge in [0.1, 0.15) is 17.3 Å². The van der Waals surface area contributed by atoms with Crippen molar-refractivity contribution in [1.29, 1.82) is 0 Å². The Kier molecular flexibility index (Phi) is 7.49. The molecule has 4 aromatic rings. The average Bonchev–Trinajstić information content (AvgIpc) is 3.32. The van der Waals surface area contributed by atoms with Crippen LogP contribution in [0.25, 0.3) is 11.3 Å². The predicted molar refractivity (Wildman–Crippen MR) is 124 cm³/mol. The number of amides is 1. The highest BCUT2D eigenvalue weighted by atomic mass is 19.1. The molecule has 34 heavy (non-hydrogen) atoms. The number of carbonyl (C=O) groups is 1. The van der Waals surface area contributed by atoms with Gasteiger partial charge >= 0.3 is 0 Å². The molecule has 7 nitrogen and oxygen atoms in total. The number of pyridine rings is 1. The van der Waals surface area contributed by atoms with E-state index in [-0.39, 0.29) is 18.1 Å². The highest BCUT2D eigenvalue weighted by Crippen LogP contribution is 2.24. The zero-order chi connectivity index (χ0) is 23.8. The van der Waals surface area contributed by atoms with E-state index < -0.39 is 0 Å². The molecule has 0 bridgehead atoms. The fraction of sp³-hybridized carbons (Fsp3) is 0.192. The lowest BCUT2D eigenvalue weighted by Crippen LogP contribution is -2.23. The predicted octanol–water partition coefficient (Wildman–Crippen LogP) is 5.32. The Labute approximate surface area is 196 Å². The maximum atomic E-state index is 13.9. The van der Waals surface area contributed by atoms with Gasteiger partial charge in [-0.25, -0.2) is 14.4 Å². The molecule has 0 aliphatic heterocycles. The monoisotopic (exact) mass is 461 g/mol. The van der Waals surface area contributed by atoms with E-state index in [9.17, 15) is 9.18 Å². The molecule has 4 rings (SSSR count). The minimum Gasteiger partial charge on any atom is -0.494 e. The molecule has 0 fully saturated rings. The molecule has 1 amide bonds. The van der Waals surface area contributed by atoms with Gasteiger partial charge in [-0.05, 0) is 55.0 Å². The van der Waals surface area contributed by atoms with Crippen molar-refractivity contribution in [1.82, 2.24) is 15.3 Å². The molecular weight excluding hydrogens is 437 g/mol. The van der Waals surface area contributed by atoms with E-state index in [1.165, 1.54) is 12.3 Å². The fourth-order valence-electron chi connectivity index (χ4n) is 3.23. The molecule has 0 radical (unpaired) electrons. The number of ether oxygens (including phenoxy) is 2. The number of nitrogens with zero attached hydrogens (tertiary/aromatic N) is 2. The topological polar surface area (TPSA) is 86.5 Å². The lowest BCUT2D eigenvalue weighted by molar-refractivity contribution is -0.121. The van der Waals surface area contributed by atoms with E-state index in [1.807, 2.05) is 19.1 Å². The first-order valence-electron chi connectivity index (χ1n) is 10.9. The number of benzene rings is 2. The fourth-order valence-corrected chi connectivity index (χ4v) is 3.23. The van der Waals surface area contributed by atoms with Crippen LogP contribution >= 0.6 is 0 Å². The van der Waals surface area contributed by atoms with Gasteiger partial charge < -0.3 is 19.2 Å². The molecule has 2 aromatic heterocycles. The summed E-state index contributed by atoms with van der Waals surface area (Å²) in [7, 11) is 0. The Balaban J connectivity index is 1.26. The SMILES string of the molecule is CCOc1ccc(Oc2cc(CNC(=O)CCc3ncc(-c4ccccc4F)o3)ccn2)cc1. The third-order valence-electron chi connectivity index (χ3n) is 4.90. The minimum atomic E-state index is -0.383. The van der Waals surface area contributed by atoms with Crippen LogP contribution in [0.5, 0.6) is 17.4 Å². The number of rotatable bonds is 10. The van der Waals surface area contributed by atoms with Gasteiger partial charge in [0.25, 0.3) is 0 Å². The number of aryl methyl sites for hydroxylation is 1. The normalized spacial score (nSPS) is 10.6. The quantitative estimate of drug-likeness (QED) is 0.344. The second-order valence-corrected chi connectivity index (χ2v) is 7.38. The van der Waals surface area contributed by atoms with Crippen molar-refractivity contribution in [2.75, 3.05) is 6.61 Å². The van der Waals surface area contributed by atoms with Crippen LogP contribution < -0.4 is 14.8 Å². The highest BCUT2D eigenvalue weighted by Gasteiger charge is 2.12. The Morgan fingerprint density at radius 1 is 1.06 bits per heavy atom. The van der Waals surface area contributed by atoms with Gasteiger partial charge in [-0.2, -0.15) is 0 Å². The summed E-state index contributed by atoms with van der Waals surface area (Å²) in [5, 5.41) is 2.86. The number of aromatic nitrogens is 2. The van der Waals surface area contributed by atoms with Crippen LogP contribution in [0.1, 0.15) is 24.8 Å². The smallest absolute Gasteiger partial charge is 0.220 e. The number of carbonyl (C=O) groups excluding carboxylic acids is 1. The molecule has 0 saturated heterocycles. The number of halogens is 1. The summed E-state index contributed by atoms with van der Waals surface area (Å²) in [5.41, 5.74) is 1.19. The Morgan fingerprint density at radius 2 is 1.85 bits per heavy atom. The Morgan fingerprint density at radius 3 is 2.65 bits per heavy atom. The standard InChI is InChI=1S/C26H24FN3O4/c1-2-32-19-7-9-20(10-8-19)33-26-15-18(13-14-28-26)16-29-24(31)11-12-25-30-17-23(34-25)21-5-3-4-6-22(21)27/h3-10,13-15,17H,2,11-12,16H2,1H3,(H,29,31). The van der Waals surface area contributed by atoms with Gasteiger partial charge in [0.05, 0.1) is 18.4 Å². The summed E-state index contributed by atoms with van der Waals surface area (Å²) in [4.78, 5) is 20.6. The van der Waals surface area contributed by atoms with Crippen LogP contribution in [0, 0.1) is 5.82 Å². The number of nitrogens with one attached hydrogen (secondary N) is 1. The van der Waals surface area contributed by atoms with Crippen LogP contribution in [-0.2, 0) is 17.8 Å². The molecule has 0 spiro atoms. The molecule has 0 aliphatic carbocycles. The van der Waals surface area contributed by atoms with Gasteiger partial charge in [0.15, 0.2) is 11.7 Å². The van der Waals surface area contributed by atoms with Crippen LogP contribution in [-0.4, -0.2) is 22.5 Å².